The second-order valence-electron chi connectivity index (χ2n) is 4.65. The Morgan fingerprint density at radius 3 is 2.30 bits per heavy atom. The summed E-state index contributed by atoms with van der Waals surface area (Å²) < 4.78 is 27.1. The van der Waals surface area contributed by atoms with E-state index in [0.29, 0.717) is 11.5 Å². The van der Waals surface area contributed by atoms with Gasteiger partial charge in [0.25, 0.3) is 0 Å². The number of halogens is 3. The van der Waals surface area contributed by atoms with Crippen molar-refractivity contribution >= 4 is 39.1 Å². The van der Waals surface area contributed by atoms with E-state index < -0.39 is 11.6 Å². The minimum atomic E-state index is -0.931. The summed E-state index contributed by atoms with van der Waals surface area (Å²) in [6, 6.07) is 12.8. The van der Waals surface area contributed by atoms with Gasteiger partial charge in [-0.05, 0) is 42.5 Å². The van der Waals surface area contributed by atoms with Gasteiger partial charge in [0, 0.05) is 28.1 Å². The molecular formula is C16H11BrF2N4. The Bertz CT molecular complexity index is 825. The largest absolute Gasteiger partial charge is 0.340 e. The van der Waals surface area contributed by atoms with Gasteiger partial charge in [0.2, 0.25) is 5.95 Å². The van der Waals surface area contributed by atoms with E-state index in [9.17, 15) is 8.78 Å². The highest BCUT2D eigenvalue weighted by atomic mass is 79.9. The summed E-state index contributed by atoms with van der Waals surface area (Å²) >= 11 is 3.37. The first-order chi connectivity index (χ1) is 11.1. The molecule has 0 aliphatic heterocycles. The molecule has 0 saturated carbocycles. The summed E-state index contributed by atoms with van der Waals surface area (Å²) in [5, 5.41) is 5.96. The average Bonchev–Trinajstić information content (AvgIpc) is 2.54. The lowest BCUT2D eigenvalue weighted by atomic mass is 10.3. The molecule has 1 heterocycles. The minimum Gasteiger partial charge on any atom is -0.340 e. The fourth-order valence-corrected chi connectivity index (χ4v) is 2.14. The third-order valence-electron chi connectivity index (χ3n) is 2.95. The van der Waals surface area contributed by atoms with Gasteiger partial charge in [-0.1, -0.05) is 15.9 Å². The highest BCUT2D eigenvalue weighted by molar-refractivity contribution is 9.10. The first-order valence-corrected chi connectivity index (χ1v) is 7.47. The van der Waals surface area contributed by atoms with Crippen LogP contribution >= 0.6 is 15.9 Å². The molecule has 23 heavy (non-hydrogen) atoms. The lowest BCUT2D eigenvalue weighted by Gasteiger charge is -2.08. The number of benzene rings is 2. The van der Waals surface area contributed by atoms with Gasteiger partial charge < -0.3 is 10.6 Å². The maximum absolute atomic E-state index is 13.2. The highest BCUT2D eigenvalue weighted by Gasteiger charge is 2.05. The van der Waals surface area contributed by atoms with Crippen molar-refractivity contribution < 1.29 is 8.78 Å². The second kappa shape index (κ2) is 6.70. The maximum atomic E-state index is 13.2. The number of nitrogens with zero attached hydrogens (tertiary/aromatic N) is 2. The van der Waals surface area contributed by atoms with Crippen molar-refractivity contribution in [3.05, 3.63) is 70.8 Å². The Morgan fingerprint density at radius 1 is 0.826 bits per heavy atom. The first kappa shape index (κ1) is 15.4. The molecule has 0 unspecified atom stereocenters. The highest BCUT2D eigenvalue weighted by Crippen LogP contribution is 2.20. The minimum absolute atomic E-state index is 0.276. The number of nitrogens with one attached hydrogen (secondary N) is 2. The summed E-state index contributed by atoms with van der Waals surface area (Å²) in [4.78, 5) is 8.33. The fourth-order valence-electron chi connectivity index (χ4n) is 1.87. The molecule has 0 aliphatic rings. The Morgan fingerprint density at radius 2 is 1.57 bits per heavy atom. The van der Waals surface area contributed by atoms with Crippen molar-refractivity contribution in [2.45, 2.75) is 0 Å². The zero-order valence-corrected chi connectivity index (χ0v) is 13.3. The molecule has 0 saturated heterocycles. The predicted octanol–water partition coefficient (Wildman–Crippen LogP) is 5.00. The molecule has 7 heteroatoms. The zero-order valence-electron chi connectivity index (χ0n) is 11.7. The first-order valence-electron chi connectivity index (χ1n) is 6.68. The van der Waals surface area contributed by atoms with Crippen molar-refractivity contribution in [3.8, 4) is 0 Å². The van der Waals surface area contributed by atoms with Crippen LogP contribution in [0.5, 0.6) is 0 Å². The molecule has 2 aromatic carbocycles. The summed E-state index contributed by atoms with van der Waals surface area (Å²) in [6.45, 7) is 0. The van der Waals surface area contributed by atoms with E-state index in [1.54, 1.807) is 12.3 Å². The van der Waals surface area contributed by atoms with E-state index in [1.165, 1.54) is 6.07 Å². The van der Waals surface area contributed by atoms with Crippen LogP contribution in [-0.4, -0.2) is 9.97 Å². The molecule has 4 nitrogen and oxygen atoms in total. The Balaban J connectivity index is 1.76. The van der Waals surface area contributed by atoms with E-state index in [2.05, 4.69) is 36.5 Å². The van der Waals surface area contributed by atoms with Gasteiger partial charge >= 0.3 is 0 Å². The van der Waals surface area contributed by atoms with E-state index >= 15 is 0 Å². The topological polar surface area (TPSA) is 49.8 Å². The second-order valence-corrected chi connectivity index (χ2v) is 5.57. The van der Waals surface area contributed by atoms with Crippen molar-refractivity contribution in [2.24, 2.45) is 0 Å². The molecule has 0 aliphatic carbocycles. The van der Waals surface area contributed by atoms with E-state index in [-0.39, 0.29) is 5.95 Å². The lowest BCUT2D eigenvalue weighted by Crippen LogP contribution is -2.01. The summed E-state index contributed by atoms with van der Waals surface area (Å²) in [6.07, 6.45) is 1.57. The SMILES string of the molecule is Fc1ccc(Nc2nccc(Nc3ccc(Br)cc3)n2)cc1F. The van der Waals surface area contributed by atoms with Gasteiger partial charge in [-0.25, -0.2) is 13.8 Å². The van der Waals surface area contributed by atoms with Crippen LogP contribution in [0.15, 0.2) is 59.2 Å². The quantitative estimate of drug-likeness (QED) is 0.672. The van der Waals surface area contributed by atoms with Gasteiger partial charge in [-0.15, -0.1) is 0 Å². The Hall–Kier alpha value is -2.54. The molecule has 0 fully saturated rings. The number of hydrogen-bond donors (Lipinski definition) is 2. The summed E-state index contributed by atoms with van der Waals surface area (Å²) in [5.74, 6) is -0.980. The fraction of sp³-hybridized carbons (Fsp3) is 0. The predicted molar refractivity (Wildman–Crippen MR) is 89.1 cm³/mol. The molecule has 3 aromatic rings. The van der Waals surface area contributed by atoms with Crippen LogP contribution in [0.4, 0.5) is 31.9 Å². The van der Waals surface area contributed by atoms with Gasteiger partial charge in [0.15, 0.2) is 11.6 Å². The smallest absolute Gasteiger partial charge is 0.229 e. The maximum Gasteiger partial charge on any atom is 0.229 e. The number of rotatable bonds is 4. The third-order valence-corrected chi connectivity index (χ3v) is 3.48. The molecular weight excluding hydrogens is 366 g/mol. The number of aromatic nitrogens is 2. The number of hydrogen-bond acceptors (Lipinski definition) is 4. The summed E-state index contributed by atoms with van der Waals surface area (Å²) in [5.41, 5.74) is 1.23. The molecule has 0 atom stereocenters. The Kier molecular flexibility index (Phi) is 4.47. The van der Waals surface area contributed by atoms with Crippen LogP contribution in [0.1, 0.15) is 0 Å². The van der Waals surface area contributed by atoms with Crippen LogP contribution in [0.3, 0.4) is 0 Å². The van der Waals surface area contributed by atoms with Crippen LogP contribution < -0.4 is 10.6 Å². The molecule has 0 radical (unpaired) electrons. The van der Waals surface area contributed by atoms with E-state index in [0.717, 1.165) is 22.3 Å². The molecule has 0 amide bonds. The molecule has 0 spiro atoms. The Labute approximate surface area is 139 Å². The molecule has 116 valence electrons. The van der Waals surface area contributed by atoms with Crippen molar-refractivity contribution in [1.29, 1.82) is 0 Å². The monoisotopic (exact) mass is 376 g/mol. The number of anilines is 4. The molecule has 1 aromatic heterocycles. The van der Waals surface area contributed by atoms with Crippen molar-refractivity contribution in [2.75, 3.05) is 10.6 Å². The third kappa shape index (κ3) is 4.01. The average molecular weight is 377 g/mol. The van der Waals surface area contributed by atoms with Gasteiger partial charge in [0.05, 0.1) is 0 Å². The van der Waals surface area contributed by atoms with Crippen LogP contribution in [0, 0.1) is 11.6 Å². The van der Waals surface area contributed by atoms with Crippen LogP contribution in [-0.2, 0) is 0 Å². The van der Waals surface area contributed by atoms with E-state index in [1.807, 2.05) is 24.3 Å². The van der Waals surface area contributed by atoms with Gasteiger partial charge in [0.1, 0.15) is 5.82 Å². The van der Waals surface area contributed by atoms with Crippen LogP contribution in [0.2, 0.25) is 0 Å². The molecule has 2 N–H and O–H groups in total. The molecule has 3 rings (SSSR count). The normalized spacial score (nSPS) is 10.4. The molecule has 0 bridgehead atoms. The van der Waals surface area contributed by atoms with Gasteiger partial charge in [-0.3, -0.25) is 0 Å². The van der Waals surface area contributed by atoms with E-state index in [4.69, 9.17) is 0 Å². The zero-order chi connectivity index (χ0) is 16.2. The van der Waals surface area contributed by atoms with Crippen LogP contribution in [0.25, 0.3) is 0 Å². The van der Waals surface area contributed by atoms with Gasteiger partial charge in [-0.2, -0.15) is 4.98 Å². The van der Waals surface area contributed by atoms with Crippen molar-refractivity contribution in [1.82, 2.24) is 9.97 Å². The van der Waals surface area contributed by atoms with Crippen molar-refractivity contribution in [3.63, 3.8) is 0 Å². The lowest BCUT2D eigenvalue weighted by molar-refractivity contribution is 0.509. The standard InChI is InChI=1S/C16H11BrF2N4/c17-10-1-3-11(4-2-10)21-15-7-8-20-16(23-15)22-12-5-6-13(18)14(19)9-12/h1-9H,(H2,20,21,22,23). The summed E-state index contributed by atoms with van der Waals surface area (Å²) in [7, 11) is 0.